The van der Waals surface area contributed by atoms with E-state index in [2.05, 4.69) is 16.4 Å². The number of benzene rings is 2. The summed E-state index contributed by atoms with van der Waals surface area (Å²) >= 11 is 0. The average molecular weight is 478 g/mol. The lowest BCUT2D eigenvalue weighted by atomic mass is 9.77. The molecule has 0 bridgehead atoms. The van der Waals surface area contributed by atoms with E-state index in [9.17, 15) is 30.7 Å². The first-order chi connectivity index (χ1) is 15.5. The van der Waals surface area contributed by atoms with Crippen LogP contribution in [0.25, 0.3) is 0 Å². The molecule has 0 amide bonds. The van der Waals surface area contributed by atoms with Crippen molar-refractivity contribution in [3.8, 4) is 11.5 Å². The minimum absolute atomic E-state index is 0.212. The summed E-state index contributed by atoms with van der Waals surface area (Å²) in [6, 6.07) is 5.97. The van der Waals surface area contributed by atoms with E-state index in [4.69, 9.17) is 0 Å². The summed E-state index contributed by atoms with van der Waals surface area (Å²) in [6.07, 6.45) is -1.50. The topological polar surface area (TPSA) is 18.5 Å². The second kappa shape index (κ2) is 10.2. The van der Waals surface area contributed by atoms with E-state index in [1.807, 2.05) is 0 Å². The van der Waals surface area contributed by atoms with Crippen LogP contribution in [0.2, 0.25) is 0 Å². The SMILES string of the molecule is CCCC[C@H]1CC[C@H](c2ccc(C(F)(F)Oc3cc(F)c(OC(F)(F)F)c(F)c3)cc2)CC1. The van der Waals surface area contributed by atoms with Crippen LogP contribution in [-0.4, -0.2) is 6.36 Å². The quantitative estimate of drug-likeness (QED) is 0.355. The molecule has 0 atom stereocenters. The van der Waals surface area contributed by atoms with Crippen LogP contribution < -0.4 is 9.47 Å². The Morgan fingerprint density at radius 2 is 1.42 bits per heavy atom. The molecule has 0 saturated heterocycles. The molecule has 1 aliphatic carbocycles. The lowest BCUT2D eigenvalue weighted by Crippen LogP contribution is -2.23. The molecule has 0 spiro atoms. The third-order valence-electron chi connectivity index (χ3n) is 5.97. The van der Waals surface area contributed by atoms with Crippen molar-refractivity contribution in [2.45, 2.75) is 70.3 Å². The summed E-state index contributed by atoms with van der Waals surface area (Å²) in [7, 11) is 0. The zero-order valence-corrected chi connectivity index (χ0v) is 18.0. The van der Waals surface area contributed by atoms with Gasteiger partial charge in [-0.2, -0.15) is 8.78 Å². The molecule has 0 heterocycles. The Labute approximate surface area is 187 Å². The number of hydrogen-bond acceptors (Lipinski definition) is 2. The molecule has 3 rings (SSSR count). The predicted octanol–water partition coefficient (Wildman–Crippen LogP) is 8.46. The van der Waals surface area contributed by atoms with Crippen LogP contribution in [0, 0.1) is 17.6 Å². The second-order valence-electron chi connectivity index (χ2n) is 8.36. The second-order valence-corrected chi connectivity index (χ2v) is 8.36. The minimum atomic E-state index is -5.34. The number of ether oxygens (including phenoxy) is 2. The molecule has 33 heavy (non-hydrogen) atoms. The van der Waals surface area contributed by atoms with E-state index in [1.165, 1.54) is 31.4 Å². The van der Waals surface area contributed by atoms with Crippen molar-refractivity contribution in [1.29, 1.82) is 0 Å². The van der Waals surface area contributed by atoms with Crippen LogP contribution in [-0.2, 0) is 6.11 Å². The fourth-order valence-corrected chi connectivity index (χ4v) is 4.24. The molecule has 1 aliphatic rings. The lowest BCUT2D eigenvalue weighted by molar-refractivity contribution is -0.276. The molecular formula is C24H25F7O2. The van der Waals surface area contributed by atoms with E-state index in [0.717, 1.165) is 31.2 Å². The fourth-order valence-electron chi connectivity index (χ4n) is 4.24. The van der Waals surface area contributed by atoms with E-state index in [-0.39, 0.29) is 18.1 Å². The first-order valence-corrected chi connectivity index (χ1v) is 10.9. The molecule has 1 fully saturated rings. The monoisotopic (exact) mass is 478 g/mol. The number of halogens is 7. The Kier molecular flexibility index (Phi) is 7.80. The predicted molar refractivity (Wildman–Crippen MR) is 108 cm³/mol. The Morgan fingerprint density at radius 3 is 1.94 bits per heavy atom. The van der Waals surface area contributed by atoms with Gasteiger partial charge in [-0.05, 0) is 55.2 Å². The highest BCUT2D eigenvalue weighted by Gasteiger charge is 2.37. The summed E-state index contributed by atoms with van der Waals surface area (Å²) in [5.41, 5.74) is 0.397. The Hall–Kier alpha value is -2.45. The molecule has 0 aromatic heterocycles. The molecular weight excluding hydrogens is 453 g/mol. The van der Waals surface area contributed by atoms with Crippen molar-refractivity contribution in [2.75, 3.05) is 0 Å². The molecule has 2 aromatic carbocycles. The average Bonchev–Trinajstić information content (AvgIpc) is 2.74. The van der Waals surface area contributed by atoms with Crippen LogP contribution in [0.3, 0.4) is 0 Å². The largest absolute Gasteiger partial charge is 0.573 e. The zero-order chi connectivity index (χ0) is 24.2. The summed E-state index contributed by atoms with van der Waals surface area (Å²) < 4.78 is 101. The summed E-state index contributed by atoms with van der Waals surface area (Å²) in [6.45, 7) is 2.16. The molecule has 9 heteroatoms. The van der Waals surface area contributed by atoms with E-state index in [1.54, 1.807) is 12.1 Å². The number of hydrogen-bond donors (Lipinski definition) is 0. The molecule has 0 aliphatic heterocycles. The Bertz CT molecular complexity index is 894. The first kappa shape index (κ1) is 25.2. The van der Waals surface area contributed by atoms with Gasteiger partial charge in [-0.3, -0.25) is 0 Å². The van der Waals surface area contributed by atoms with E-state index < -0.39 is 41.2 Å². The summed E-state index contributed by atoms with van der Waals surface area (Å²) in [4.78, 5) is 0. The maximum Gasteiger partial charge on any atom is 0.573 e. The molecule has 0 radical (unpaired) electrons. The third-order valence-corrected chi connectivity index (χ3v) is 5.97. The standard InChI is InChI=1S/C24H25F7O2/c1-2-3-4-15-5-7-16(8-6-15)17-9-11-18(12-10-17)23(27,28)32-19-13-20(25)22(21(26)14-19)33-24(29,30)31/h9-16H,2-8H2,1H3/t15-,16-. The lowest BCUT2D eigenvalue weighted by Gasteiger charge is -2.29. The Balaban J connectivity index is 1.66. The van der Waals surface area contributed by atoms with Gasteiger partial charge in [0, 0.05) is 12.1 Å². The third kappa shape index (κ3) is 6.77. The first-order valence-electron chi connectivity index (χ1n) is 10.9. The van der Waals surface area contributed by atoms with Gasteiger partial charge in [0.05, 0.1) is 5.56 Å². The van der Waals surface area contributed by atoms with Gasteiger partial charge in [0.25, 0.3) is 0 Å². The molecule has 2 nitrogen and oxygen atoms in total. The fraction of sp³-hybridized carbons (Fsp3) is 0.500. The summed E-state index contributed by atoms with van der Waals surface area (Å²) in [5.74, 6) is -5.35. The van der Waals surface area contributed by atoms with Crippen molar-refractivity contribution in [2.24, 2.45) is 5.92 Å². The number of unbranched alkanes of at least 4 members (excludes halogenated alkanes) is 1. The van der Waals surface area contributed by atoms with Gasteiger partial charge in [0.1, 0.15) is 5.75 Å². The highest BCUT2D eigenvalue weighted by molar-refractivity contribution is 5.36. The van der Waals surface area contributed by atoms with Gasteiger partial charge < -0.3 is 9.47 Å². The van der Waals surface area contributed by atoms with E-state index in [0.29, 0.717) is 5.92 Å². The maximum atomic E-state index is 14.5. The van der Waals surface area contributed by atoms with Crippen molar-refractivity contribution in [3.63, 3.8) is 0 Å². The van der Waals surface area contributed by atoms with Crippen molar-refractivity contribution in [3.05, 3.63) is 59.2 Å². The van der Waals surface area contributed by atoms with Gasteiger partial charge in [-0.25, -0.2) is 8.78 Å². The molecule has 0 unspecified atom stereocenters. The summed E-state index contributed by atoms with van der Waals surface area (Å²) in [5, 5.41) is 0. The maximum absolute atomic E-state index is 14.5. The van der Waals surface area contributed by atoms with Gasteiger partial charge in [-0.15, -0.1) is 13.2 Å². The molecule has 182 valence electrons. The van der Waals surface area contributed by atoms with Crippen LogP contribution in [0.4, 0.5) is 30.7 Å². The number of rotatable bonds is 8. The molecule has 0 N–H and O–H groups in total. The van der Waals surface area contributed by atoms with Crippen LogP contribution in [0.1, 0.15) is 68.9 Å². The van der Waals surface area contributed by atoms with Gasteiger partial charge in [-0.1, -0.05) is 38.3 Å². The van der Waals surface area contributed by atoms with Crippen molar-refractivity contribution in [1.82, 2.24) is 0 Å². The van der Waals surface area contributed by atoms with Gasteiger partial charge in [0.15, 0.2) is 11.6 Å². The van der Waals surface area contributed by atoms with Crippen LogP contribution in [0.15, 0.2) is 36.4 Å². The highest BCUT2D eigenvalue weighted by atomic mass is 19.4. The van der Waals surface area contributed by atoms with Crippen LogP contribution in [0.5, 0.6) is 11.5 Å². The van der Waals surface area contributed by atoms with Gasteiger partial charge in [0.2, 0.25) is 5.75 Å². The minimum Gasteiger partial charge on any atom is -0.429 e. The van der Waals surface area contributed by atoms with Gasteiger partial charge >= 0.3 is 12.5 Å². The molecule has 2 aromatic rings. The highest BCUT2D eigenvalue weighted by Crippen LogP contribution is 2.40. The normalized spacial score (nSPS) is 19.4. The molecule has 1 saturated carbocycles. The van der Waals surface area contributed by atoms with Crippen molar-refractivity contribution >= 4 is 0 Å². The van der Waals surface area contributed by atoms with Crippen LogP contribution >= 0.6 is 0 Å². The van der Waals surface area contributed by atoms with E-state index >= 15 is 0 Å². The number of alkyl halides is 5. The van der Waals surface area contributed by atoms with Crippen molar-refractivity contribution < 1.29 is 40.2 Å². The Morgan fingerprint density at radius 1 is 0.848 bits per heavy atom. The zero-order valence-electron chi connectivity index (χ0n) is 18.0. The smallest absolute Gasteiger partial charge is 0.429 e.